The largest absolute Gasteiger partial charge is 0.279 e. The van der Waals surface area contributed by atoms with Gasteiger partial charge in [0.15, 0.2) is 0 Å². The number of Topliss-reactive ketones (excluding diaryl/α,β-unsaturated/α-hetero) is 1. The van der Waals surface area contributed by atoms with E-state index < -0.39 is 0 Å². The number of carbonyl (C=O) groups excluding carboxylic acids is 1. The molecule has 0 aromatic heterocycles. The number of benzene rings is 1. The molecule has 0 amide bonds. The summed E-state index contributed by atoms with van der Waals surface area (Å²) >= 11 is 0. The van der Waals surface area contributed by atoms with Gasteiger partial charge in [-0.3, -0.25) is 4.79 Å². The van der Waals surface area contributed by atoms with Crippen molar-refractivity contribution < 1.29 is 4.79 Å². The van der Waals surface area contributed by atoms with Gasteiger partial charge in [0, 0.05) is 5.56 Å². The third-order valence-electron chi connectivity index (χ3n) is 1.77. The van der Waals surface area contributed by atoms with Gasteiger partial charge in [-0.2, -0.15) is 0 Å². The molecule has 0 saturated carbocycles. The van der Waals surface area contributed by atoms with Gasteiger partial charge >= 0.3 is 0 Å². The van der Waals surface area contributed by atoms with Gasteiger partial charge in [-0.15, -0.1) is 6.42 Å². The highest BCUT2D eigenvalue weighted by atomic mass is 16.1. The Morgan fingerprint density at radius 2 is 2.08 bits per heavy atom. The minimum Gasteiger partial charge on any atom is -0.279 e. The standard InChI is InChI=1S/C11H10O/c1-4-11(12)10-7-8(2)5-6-9(10)3/h1,5-7H,2-3H3. The normalized spacial score (nSPS) is 9.08. The molecule has 0 bridgehead atoms. The van der Waals surface area contributed by atoms with E-state index in [0.717, 1.165) is 11.1 Å². The minimum absolute atomic E-state index is 0.240. The van der Waals surface area contributed by atoms with Crippen LogP contribution in [0.5, 0.6) is 0 Å². The van der Waals surface area contributed by atoms with Crippen LogP contribution in [0.1, 0.15) is 21.5 Å². The van der Waals surface area contributed by atoms with Crippen molar-refractivity contribution in [3.63, 3.8) is 0 Å². The Balaban J connectivity index is 3.25. The van der Waals surface area contributed by atoms with E-state index in [4.69, 9.17) is 6.42 Å². The van der Waals surface area contributed by atoms with Gasteiger partial charge in [0.2, 0.25) is 5.78 Å². The lowest BCUT2D eigenvalue weighted by Crippen LogP contribution is -1.98. The summed E-state index contributed by atoms with van der Waals surface area (Å²) in [6, 6.07) is 5.68. The zero-order chi connectivity index (χ0) is 9.14. The first-order valence-corrected chi connectivity index (χ1v) is 3.73. The summed E-state index contributed by atoms with van der Waals surface area (Å²) in [5.41, 5.74) is 2.63. The van der Waals surface area contributed by atoms with Crippen molar-refractivity contribution >= 4 is 5.78 Å². The van der Waals surface area contributed by atoms with E-state index in [0.29, 0.717) is 5.56 Å². The maximum Gasteiger partial charge on any atom is 0.235 e. The molecular formula is C11H10O. The van der Waals surface area contributed by atoms with E-state index in [2.05, 4.69) is 5.92 Å². The van der Waals surface area contributed by atoms with E-state index in [-0.39, 0.29) is 5.78 Å². The topological polar surface area (TPSA) is 17.1 Å². The molecule has 60 valence electrons. The lowest BCUT2D eigenvalue weighted by molar-refractivity contribution is 0.105. The number of carbonyl (C=O) groups is 1. The second-order valence-electron chi connectivity index (χ2n) is 2.79. The van der Waals surface area contributed by atoms with E-state index in [1.807, 2.05) is 32.0 Å². The number of hydrogen-bond donors (Lipinski definition) is 0. The summed E-state index contributed by atoms with van der Waals surface area (Å²) in [7, 11) is 0. The summed E-state index contributed by atoms with van der Waals surface area (Å²) in [5.74, 6) is 1.87. The molecule has 0 atom stereocenters. The minimum atomic E-state index is -0.240. The number of ketones is 1. The zero-order valence-electron chi connectivity index (χ0n) is 7.22. The highest BCUT2D eigenvalue weighted by Crippen LogP contribution is 2.10. The molecule has 1 aromatic rings. The van der Waals surface area contributed by atoms with Gasteiger partial charge < -0.3 is 0 Å². The molecule has 0 heterocycles. The summed E-state index contributed by atoms with van der Waals surface area (Å²) in [5, 5.41) is 0. The van der Waals surface area contributed by atoms with Gasteiger partial charge in [0.05, 0.1) is 0 Å². The lowest BCUT2D eigenvalue weighted by Gasteiger charge is -2.00. The highest BCUT2D eigenvalue weighted by molar-refractivity contribution is 6.09. The van der Waals surface area contributed by atoms with Crippen LogP contribution in [-0.2, 0) is 0 Å². The molecule has 0 spiro atoms. The average molecular weight is 158 g/mol. The fraction of sp³-hybridized carbons (Fsp3) is 0.182. The zero-order valence-corrected chi connectivity index (χ0v) is 7.22. The Morgan fingerprint density at radius 3 is 2.67 bits per heavy atom. The molecule has 0 aliphatic heterocycles. The van der Waals surface area contributed by atoms with Crippen molar-refractivity contribution in [2.75, 3.05) is 0 Å². The summed E-state index contributed by atoms with van der Waals surface area (Å²) in [4.78, 5) is 11.2. The van der Waals surface area contributed by atoms with Crippen LogP contribution in [0.25, 0.3) is 0 Å². The van der Waals surface area contributed by atoms with Crippen molar-refractivity contribution in [1.29, 1.82) is 0 Å². The second kappa shape index (κ2) is 3.23. The van der Waals surface area contributed by atoms with E-state index in [1.54, 1.807) is 0 Å². The summed E-state index contributed by atoms with van der Waals surface area (Å²) in [6.07, 6.45) is 5.02. The molecule has 0 fully saturated rings. The molecule has 0 N–H and O–H groups in total. The summed E-state index contributed by atoms with van der Waals surface area (Å²) < 4.78 is 0. The van der Waals surface area contributed by atoms with Crippen molar-refractivity contribution in [3.8, 4) is 12.3 Å². The molecule has 1 nitrogen and oxygen atoms in total. The molecule has 1 heteroatoms. The molecule has 1 rings (SSSR count). The molecular weight excluding hydrogens is 148 g/mol. The van der Waals surface area contributed by atoms with Crippen LogP contribution >= 0.6 is 0 Å². The smallest absolute Gasteiger partial charge is 0.235 e. The molecule has 0 unspecified atom stereocenters. The fourth-order valence-corrected chi connectivity index (χ4v) is 1.06. The molecule has 1 aromatic carbocycles. The van der Waals surface area contributed by atoms with Crippen molar-refractivity contribution in [2.24, 2.45) is 0 Å². The maximum atomic E-state index is 11.2. The van der Waals surface area contributed by atoms with Crippen LogP contribution in [0.2, 0.25) is 0 Å². The molecule has 0 saturated heterocycles. The second-order valence-corrected chi connectivity index (χ2v) is 2.79. The number of rotatable bonds is 1. The van der Waals surface area contributed by atoms with Crippen molar-refractivity contribution in [2.45, 2.75) is 13.8 Å². The lowest BCUT2D eigenvalue weighted by atomic mass is 10.0. The quantitative estimate of drug-likeness (QED) is 0.347. The average Bonchev–Trinajstić information content (AvgIpc) is 2.08. The van der Waals surface area contributed by atoms with Crippen LogP contribution in [0.3, 0.4) is 0 Å². The molecule has 0 aliphatic rings. The Labute approximate surface area is 72.4 Å². The van der Waals surface area contributed by atoms with Gasteiger partial charge in [-0.1, -0.05) is 17.7 Å². The van der Waals surface area contributed by atoms with E-state index in [9.17, 15) is 4.79 Å². The third kappa shape index (κ3) is 1.54. The van der Waals surface area contributed by atoms with Gasteiger partial charge in [-0.25, -0.2) is 0 Å². The SMILES string of the molecule is C#CC(=O)c1cc(C)ccc1C. The Morgan fingerprint density at radius 1 is 1.42 bits per heavy atom. The molecule has 0 radical (unpaired) electrons. The first-order chi connectivity index (χ1) is 5.65. The number of terminal acetylenes is 1. The van der Waals surface area contributed by atoms with Crippen molar-refractivity contribution in [1.82, 2.24) is 0 Å². The first-order valence-electron chi connectivity index (χ1n) is 3.73. The van der Waals surface area contributed by atoms with Gasteiger partial charge in [-0.05, 0) is 31.4 Å². The molecule has 12 heavy (non-hydrogen) atoms. The first kappa shape index (κ1) is 8.55. The van der Waals surface area contributed by atoms with Crippen molar-refractivity contribution in [3.05, 3.63) is 34.9 Å². The predicted molar refractivity (Wildman–Crippen MR) is 49.1 cm³/mol. The van der Waals surface area contributed by atoms with E-state index >= 15 is 0 Å². The van der Waals surface area contributed by atoms with Crippen LogP contribution in [0.15, 0.2) is 18.2 Å². The monoisotopic (exact) mass is 158 g/mol. The fourth-order valence-electron chi connectivity index (χ4n) is 1.06. The van der Waals surface area contributed by atoms with Crippen LogP contribution in [-0.4, -0.2) is 5.78 Å². The van der Waals surface area contributed by atoms with E-state index in [1.165, 1.54) is 0 Å². The van der Waals surface area contributed by atoms with Gasteiger partial charge in [0.1, 0.15) is 0 Å². The number of aryl methyl sites for hydroxylation is 2. The molecule has 0 aliphatic carbocycles. The van der Waals surface area contributed by atoms with Crippen LogP contribution in [0.4, 0.5) is 0 Å². The summed E-state index contributed by atoms with van der Waals surface area (Å²) in [6.45, 7) is 3.82. The Hall–Kier alpha value is -1.55. The Kier molecular flexibility index (Phi) is 2.30. The van der Waals surface area contributed by atoms with Crippen LogP contribution < -0.4 is 0 Å². The van der Waals surface area contributed by atoms with Crippen LogP contribution in [0, 0.1) is 26.2 Å². The predicted octanol–water partition coefficient (Wildman–Crippen LogP) is 2.12. The van der Waals surface area contributed by atoms with Gasteiger partial charge in [0.25, 0.3) is 0 Å². The Bertz CT molecular complexity index is 356. The number of hydrogen-bond acceptors (Lipinski definition) is 1. The third-order valence-corrected chi connectivity index (χ3v) is 1.77. The highest BCUT2D eigenvalue weighted by Gasteiger charge is 2.04. The maximum absolute atomic E-state index is 11.2.